The fourth-order valence-electron chi connectivity index (χ4n) is 7.21. The van der Waals surface area contributed by atoms with E-state index in [1.165, 1.54) is 114 Å². The van der Waals surface area contributed by atoms with Crippen molar-refractivity contribution in [1.82, 2.24) is 9.97 Å². The van der Waals surface area contributed by atoms with E-state index in [4.69, 9.17) is 14.7 Å². The number of nitrogens with zero attached hydrogens (tertiary/aromatic N) is 2. The average molecular weight is 533 g/mol. The lowest BCUT2D eigenvalue weighted by atomic mass is 9.77. The Balaban J connectivity index is 1.29. The molecule has 0 radical (unpaired) electrons. The van der Waals surface area contributed by atoms with E-state index in [1.54, 1.807) is 0 Å². The summed E-state index contributed by atoms with van der Waals surface area (Å²) < 4.78 is 6.37. The molecule has 0 saturated heterocycles. The number of ether oxygens (including phenoxy) is 1. The molecule has 4 rings (SSSR count). The third-order valence-electron chi connectivity index (χ3n) is 9.95. The maximum absolute atomic E-state index is 6.37. The van der Waals surface area contributed by atoms with Gasteiger partial charge in [0.05, 0.1) is 12.4 Å². The molecule has 2 heterocycles. The maximum atomic E-state index is 6.37. The van der Waals surface area contributed by atoms with E-state index in [0.29, 0.717) is 0 Å². The van der Waals surface area contributed by atoms with Gasteiger partial charge in [0.2, 0.25) is 0 Å². The molecule has 0 atom stereocenters. The predicted octanol–water partition coefficient (Wildman–Crippen LogP) is 10.7. The van der Waals surface area contributed by atoms with Gasteiger partial charge in [-0.2, -0.15) is 0 Å². The standard InChI is InChI=1S/C36H56N2O/c1-5-7-9-11-29-13-17-31(18-14-29)21-33-23-35(25-37-27(33)3)39-36-24-34(28(4)38-26-36)22-32-19-15-30(16-20-32)12-10-8-6-2/h23-26,29-32H,5-22H2,1-4H3. The smallest absolute Gasteiger partial charge is 0.146 e. The molecule has 2 saturated carbocycles. The summed E-state index contributed by atoms with van der Waals surface area (Å²) in [4.78, 5) is 9.45. The molecular weight excluding hydrogens is 476 g/mol. The van der Waals surface area contributed by atoms with Gasteiger partial charge in [0.1, 0.15) is 11.5 Å². The molecule has 0 spiro atoms. The number of rotatable bonds is 14. The second kappa shape index (κ2) is 15.8. The SMILES string of the molecule is CCCCCC1CCC(Cc2cc(Oc3cnc(C)c(CC4CCC(CCCCC)CC4)c3)cnc2C)CC1. The minimum Gasteiger partial charge on any atom is -0.454 e. The minimum absolute atomic E-state index is 0.789. The van der Waals surface area contributed by atoms with Gasteiger partial charge in [0.25, 0.3) is 0 Å². The summed E-state index contributed by atoms with van der Waals surface area (Å²) in [6.45, 7) is 8.92. The molecule has 216 valence electrons. The van der Waals surface area contributed by atoms with Crippen molar-refractivity contribution < 1.29 is 4.74 Å². The summed E-state index contributed by atoms with van der Waals surface area (Å²) >= 11 is 0. The van der Waals surface area contributed by atoms with Crippen LogP contribution in [0.1, 0.15) is 139 Å². The van der Waals surface area contributed by atoms with Gasteiger partial charge in [0.15, 0.2) is 0 Å². The fraction of sp³-hybridized carbons (Fsp3) is 0.722. The molecule has 0 aliphatic heterocycles. The zero-order valence-electron chi connectivity index (χ0n) is 25.6. The Morgan fingerprint density at radius 1 is 0.590 bits per heavy atom. The van der Waals surface area contributed by atoms with Crippen LogP contribution in [0.4, 0.5) is 0 Å². The van der Waals surface area contributed by atoms with Crippen LogP contribution < -0.4 is 4.74 Å². The van der Waals surface area contributed by atoms with Crippen LogP contribution in [0.25, 0.3) is 0 Å². The fourth-order valence-corrected chi connectivity index (χ4v) is 7.21. The lowest BCUT2D eigenvalue weighted by Gasteiger charge is -2.29. The molecule has 0 aromatic carbocycles. The van der Waals surface area contributed by atoms with Gasteiger partial charge in [-0.3, -0.25) is 9.97 Å². The molecule has 2 fully saturated rings. The Bertz CT molecular complexity index is 906. The summed E-state index contributed by atoms with van der Waals surface area (Å²) in [5.74, 6) is 5.22. The largest absolute Gasteiger partial charge is 0.454 e. The number of hydrogen-bond acceptors (Lipinski definition) is 3. The van der Waals surface area contributed by atoms with Crippen LogP contribution in [0.2, 0.25) is 0 Å². The summed E-state index contributed by atoms with van der Waals surface area (Å²) in [5.41, 5.74) is 5.02. The molecule has 0 N–H and O–H groups in total. The third-order valence-corrected chi connectivity index (χ3v) is 9.95. The minimum atomic E-state index is 0.789. The molecule has 2 aliphatic rings. The Kier molecular flexibility index (Phi) is 12.2. The summed E-state index contributed by atoms with van der Waals surface area (Å²) in [5, 5.41) is 0. The van der Waals surface area contributed by atoms with Gasteiger partial charge < -0.3 is 4.74 Å². The summed E-state index contributed by atoms with van der Waals surface area (Å²) in [6, 6.07) is 4.49. The summed E-state index contributed by atoms with van der Waals surface area (Å²) in [6.07, 6.45) is 28.4. The highest BCUT2D eigenvalue weighted by Crippen LogP contribution is 2.36. The first-order valence-electron chi connectivity index (χ1n) is 16.6. The number of aryl methyl sites for hydroxylation is 2. The van der Waals surface area contributed by atoms with E-state index in [2.05, 4.69) is 39.8 Å². The zero-order valence-corrected chi connectivity index (χ0v) is 25.6. The highest BCUT2D eigenvalue weighted by Gasteiger charge is 2.23. The Labute approximate surface area is 240 Å². The molecule has 2 aromatic heterocycles. The van der Waals surface area contributed by atoms with Crippen molar-refractivity contribution in [2.75, 3.05) is 0 Å². The van der Waals surface area contributed by atoms with E-state index in [9.17, 15) is 0 Å². The molecule has 2 aliphatic carbocycles. The van der Waals surface area contributed by atoms with Gasteiger partial charge in [-0.15, -0.1) is 0 Å². The van der Waals surface area contributed by atoms with Crippen molar-refractivity contribution in [1.29, 1.82) is 0 Å². The van der Waals surface area contributed by atoms with Crippen LogP contribution in [-0.2, 0) is 12.8 Å². The van der Waals surface area contributed by atoms with Crippen LogP contribution in [-0.4, -0.2) is 9.97 Å². The van der Waals surface area contributed by atoms with E-state index in [-0.39, 0.29) is 0 Å². The molecule has 3 heteroatoms. The van der Waals surface area contributed by atoms with Crippen LogP contribution in [0.5, 0.6) is 11.5 Å². The highest BCUT2D eigenvalue weighted by atomic mass is 16.5. The van der Waals surface area contributed by atoms with Crippen LogP contribution >= 0.6 is 0 Å². The van der Waals surface area contributed by atoms with E-state index < -0.39 is 0 Å². The van der Waals surface area contributed by atoms with Crippen molar-refractivity contribution in [3.63, 3.8) is 0 Å². The monoisotopic (exact) mass is 532 g/mol. The van der Waals surface area contributed by atoms with E-state index >= 15 is 0 Å². The predicted molar refractivity (Wildman–Crippen MR) is 165 cm³/mol. The van der Waals surface area contributed by atoms with Gasteiger partial charge in [-0.05, 0) is 99.3 Å². The van der Waals surface area contributed by atoms with Crippen LogP contribution in [0, 0.1) is 37.5 Å². The average Bonchev–Trinajstić information content (AvgIpc) is 2.94. The number of pyridine rings is 2. The molecule has 39 heavy (non-hydrogen) atoms. The maximum Gasteiger partial charge on any atom is 0.146 e. The van der Waals surface area contributed by atoms with Crippen molar-refractivity contribution in [3.05, 3.63) is 47.0 Å². The zero-order chi connectivity index (χ0) is 27.5. The van der Waals surface area contributed by atoms with Gasteiger partial charge in [-0.25, -0.2) is 0 Å². The third kappa shape index (κ3) is 9.61. The van der Waals surface area contributed by atoms with Crippen LogP contribution in [0.3, 0.4) is 0 Å². The second-order valence-electron chi connectivity index (χ2n) is 13.1. The second-order valence-corrected chi connectivity index (χ2v) is 13.1. The lowest BCUT2D eigenvalue weighted by molar-refractivity contribution is 0.257. The molecule has 0 amide bonds. The Morgan fingerprint density at radius 3 is 1.36 bits per heavy atom. The van der Waals surface area contributed by atoms with Gasteiger partial charge in [-0.1, -0.05) is 90.9 Å². The molecule has 3 nitrogen and oxygen atoms in total. The molecule has 2 aromatic rings. The Morgan fingerprint density at radius 2 is 0.974 bits per heavy atom. The number of aromatic nitrogens is 2. The van der Waals surface area contributed by atoms with Crippen LogP contribution in [0.15, 0.2) is 24.5 Å². The normalized spacial score (nSPS) is 23.6. The first kappa shape index (κ1) is 30.1. The van der Waals surface area contributed by atoms with Crippen molar-refractivity contribution in [2.24, 2.45) is 23.7 Å². The van der Waals surface area contributed by atoms with Crippen molar-refractivity contribution in [2.45, 2.75) is 143 Å². The van der Waals surface area contributed by atoms with E-state index in [1.807, 2.05) is 12.4 Å². The first-order valence-corrected chi connectivity index (χ1v) is 16.6. The topological polar surface area (TPSA) is 35.0 Å². The number of unbranched alkanes of at least 4 members (excludes halogenated alkanes) is 4. The highest BCUT2D eigenvalue weighted by molar-refractivity contribution is 5.36. The molecule has 0 bridgehead atoms. The van der Waals surface area contributed by atoms with Crippen molar-refractivity contribution >= 4 is 0 Å². The Hall–Kier alpha value is -1.90. The van der Waals surface area contributed by atoms with Gasteiger partial charge >= 0.3 is 0 Å². The van der Waals surface area contributed by atoms with Crippen molar-refractivity contribution in [3.8, 4) is 11.5 Å². The quantitative estimate of drug-likeness (QED) is 0.227. The molecular formula is C36H56N2O. The van der Waals surface area contributed by atoms with E-state index in [0.717, 1.165) is 59.4 Å². The number of hydrogen-bond donors (Lipinski definition) is 0. The summed E-state index contributed by atoms with van der Waals surface area (Å²) in [7, 11) is 0. The first-order chi connectivity index (χ1) is 19.0. The lowest BCUT2D eigenvalue weighted by Crippen LogP contribution is -2.17. The van der Waals surface area contributed by atoms with Gasteiger partial charge in [0, 0.05) is 11.4 Å². The molecule has 0 unspecified atom stereocenters.